The maximum atomic E-state index is 11.6. The molecule has 3 nitrogen and oxygen atoms in total. The van der Waals surface area contributed by atoms with Gasteiger partial charge in [-0.3, -0.25) is 0 Å². The lowest BCUT2D eigenvalue weighted by Crippen LogP contribution is -2.36. The lowest BCUT2D eigenvalue weighted by molar-refractivity contribution is 0.247. The van der Waals surface area contributed by atoms with E-state index in [1.165, 1.54) is 0 Å². The fourth-order valence-electron chi connectivity index (χ4n) is 1.68. The van der Waals surface area contributed by atoms with Crippen LogP contribution in [0.4, 0.5) is 10.5 Å². The van der Waals surface area contributed by atoms with Crippen molar-refractivity contribution in [2.24, 2.45) is 5.92 Å². The van der Waals surface area contributed by atoms with Crippen LogP contribution in [0.2, 0.25) is 0 Å². The van der Waals surface area contributed by atoms with E-state index in [0.29, 0.717) is 5.92 Å². The van der Waals surface area contributed by atoms with Gasteiger partial charge in [0.15, 0.2) is 0 Å². The standard InChI is InChI=1S/C13H20N2O/c1-10(2)9-11(3)14-13(16)15-12-7-5-4-6-8-12/h4-8,10-11H,9H2,1-3H3,(H2,14,15,16). The first-order valence-electron chi connectivity index (χ1n) is 5.70. The molecule has 0 aliphatic carbocycles. The van der Waals surface area contributed by atoms with E-state index in [4.69, 9.17) is 0 Å². The maximum absolute atomic E-state index is 11.6. The van der Waals surface area contributed by atoms with Crippen molar-refractivity contribution in [3.05, 3.63) is 30.3 Å². The van der Waals surface area contributed by atoms with Gasteiger partial charge in [-0.25, -0.2) is 4.79 Å². The summed E-state index contributed by atoms with van der Waals surface area (Å²) in [5, 5.41) is 5.71. The first-order valence-corrected chi connectivity index (χ1v) is 5.70. The molecule has 0 fully saturated rings. The normalized spacial score (nSPS) is 12.2. The molecule has 0 saturated carbocycles. The Morgan fingerprint density at radius 1 is 1.19 bits per heavy atom. The average Bonchev–Trinajstić information content (AvgIpc) is 2.17. The minimum Gasteiger partial charge on any atom is -0.335 e. The van der Waals surface area contributed by atoms with Gasteiger partial charge in [-0.2, -0.15) is 0 Å². The van der Waals surface area contributed by atoms with E-state index < -0.39 is 0 Å². The average molecular weight is 220 g/mol. The molecule has 0 aliphatic rings. The van der Waals surface area contributed by atoms with Crippen LogP contribution in [-0.4, -0.2) is 12.1 Å². The van der Waals surface area contributed by atoms with Crippen molar-refractivity contribution >= 4 is 11.7 Å². The summed E-state index contributed by atoms with van der Waals surface area (Å²) in [4.78, 5) is 11.6. The minimum atomic E-state index is -0.139. The second-order valence-corrected chi connectivity index (χ2v) is 4.50. The Morgan fingerprint density at radius 3 is 2.38 bits per heavy atom. The lowest BCUT2D eigenvalue weighted by atomic mass is 10.1. The van der Waals surface area contributed by atoms with Gasteiger partial charge in [-0.1, -0.05) is 32.0 Å². The molecule has 0 spiro atoms. The van der Waals surface area contributed by atoms with E-state index in [1.807, 2.05) is 37.3 Å². The van der Waals surface area contributed by atoms with Gasteiger partial charge in [0.05, 0.1) is 0 Å². The summed E-state index contributed by atoms with van der Waals surface area (Å²) in [7, 11) is 0. The van der Waals surface area contributed by atoms with Crippen LogP contribution < -0.4 is 10.6 Å². The van der Waals surface area contributed by atoms with Crippen LogP contribution in [0.25, 0.3) is 0 Å². The topological polar surface area (TPSA) is 41.1 Å². The number of carbonyl (C=O) groups excluding carboxylic acids is 1. The van der Waals surface area contributed by atoms with Gasteiger partial charge in [0, 0.05) is 11.7 Å². The van der Waals surface area contributed by atoms with Crippen molar-refractivity contribution in [3.63, 3.8) is 0 Å². The van der Waals surface area contributed by atoms with Gasteiger partial charge < -0.3 is 10.6 Å². The molecule has 2 N–H and O–H groups in total. The minimum absolute atomic E-state index is 0.139. The van der Waals surface area contributed by atoms with E-state index in [0.717, 1.165) is 12.1 Å². The molecular weight excluding hydrogens is 200 g/mol. The molecule has 0 aliphatic heterocycles. The highest BCUT2D eigenvalue weighted by Gasteiger charge is 2.08. The van der Waals surface area contributed by atoms with Crippen molar-refractivity contribution in [2.75, 3.05) is 5.32 Å². The van der Waals surface area contributed by atoms with Crippen molar-refractivity contribution in [1.29, 1.82) is 0 Å². The van der Waals surface area contributed by atoms with Crippen molar-refractivity contribution in [2.45, 2.75) is 33.2 Å². The Kier molecular flexibility index (Phi) is 4.83. The highest BCUT2D eigenvalue weighted by atomic mass is 16.2. The van der Waals surface area contributed by atoms with E-state index in [9.17, 15) is 4.79 Å². The van der Waals surface area contributed by atoms with Crippen LogP contribution in [0, 0.1) is 5.92 Å². The third-order valence-corrected chi connectivity index (χ3v) is 2.23. The zero-order valence-electron chi connectivity index (χ0n) is 10.2. The van der Waals surface area contributed by atoms with Crippen LogP contribution in [0.15, 0.2) is 30.3 Å². The Bertz CT molecular complexity index is 322. The Balaban J connectivity index is 2.36. The summed E-state index contributed by atoms with van der Waals surface area (Å²) >= 11 is 0. The molecule has 16 heavy (non-hydrogen) atoms. The number of hydrogen-bond donors (Lipinski definition) is 2. The molecule has 0 aromatic heterocycles. The fraction of sp³-hybridized carbons (Fsp3) is 0.462. The SMILES string of the molecule is CC(C)CC(C)NC(=O)Nc1ccccc1. The van der Waals surface area contributed by atoms with Crippen LogP contribution in [0.5, 0.6) is 0 Å². The van der Waals surface area contributed by atoms with Crippen LogP contribution in [0.1, 0.15) is 27.2 Å². The quantitative estimate of drug-likeness (QED) is 0.803. The van der Waals surface area contributed by atoms with Gasteiger partial charge in [0.1, 0.15) is 0 Å². The number of urea groups is 1. The number of rotatable bonds is 4. The monoisotopic (exact) mass is 220 g/mol. The molecule has 0 heterocycles. The third kappa shape index (κ3) is 4.82. The molecule has 0 radical (unpaired) electrons. The summed E-state index contributed by atoms with van der Waals surface area (Å²) in [6.07, 6.45) is 0.988. The summed E-state index contributed by atoms with van der Waals surface area (Å²) < 4.78 is 0. The third-order valence-electron chi connectivity index (χ3n) is 2.23. The second kappa shape index (κ2) is 6.16. The van der Waals surface area contributed by atoms with Crippen molar-refractivity contribution in [3.8, 4) is 0 Å². The molecule has 88 valence electrons. The zero-order chi connectivity index (χ0) is 12.0. The molecular formula is C13H20N2O. The number of para-hydroxylation sites is 1. The van der Waals surface area contributed by atoms with Gasteiger partial charge in [-0.15, -0.1) is 0 Å². The zero-order valence-corrected chi connectivity index (χ0v) is 10.2. The number of carbonyl (C=O) groups is 1. The first-order chi connectivity index (χ1) is 7.58. The molecule has 3 heteroatoms. The predicted octanol–water partition coefficient (Wildman–Crippen LogP) is 3.24. The number of hydrogen-bond acceptors (Lipinski definition) is 1. The highest BCUT2D eigenvalue weighted by Crippen LogP contribution is 2.06. The second-order valence-electron chi connectivity index (χ2n) is 4.50. The smallest absolute Gasteiger partial charge is 0.319 e. The van der Waals surface area contributed by atoms with Gasteiger partial charge in [0.25, 0.3) is 0 Å². The molecule has 1 unspecified atom stereocenters. The van der Waals surface area contributed by atoms with Gasteiger partial charge in [-0.05, 0) is 31.4 Å². The Morgan fingerprint density at radius 2 is 1.81 bits per heavy atom. The van der Waals surface area contributed by atoms with E-state index >= 15 is 0 Å². The largest absolute Gasteiger partial charge is 0.335 e. The number of anilines is 1. The molecule has 0 bridgehead atoms. The van der Waals surface area contributed by atoms with Crippen molar-refractivity contribution in [1.82, 2.24) is 5.32 Å². The Labute approximate surface area is 97.2 Å². The van der Waals surface area contributed by atoms with E-state index in [1.54, 1.807) is 0 Å². The van der Waals surface area contributed by atoms with Gasteiger partial charge in [0.2, 0.25) is 0 Å². The molecule has 1 aromatic carbocycles. The highest BCUT2D eigenvalue weighted by molar-refractivity contribution is 5.89. The number of nitrogens with one attached hydrogen (secondary N) is 2. The van der Waals surface area contributed by atoms with E-state index in [2.05, 4.69) is 24.5 Å². The molecule has 2 amide bonds. The maximum Gasteiger partial charge on any atom is 0.319 e. The Hall–Kier alpha value is -1.51. The first kappa shape index (κ1) is 12.6. The fourth-order valence-corrected chi connectivity index (χ4v) is 1.68. The predicted molar refractivity (Wildman–Crippen MR) is 67.5 cm³/mol. The van der Waals surface area contributed by atoms with E-state index in [-0.39, 0.29) is 12.1 Å². The summed E-state index contributed by atoms with van der Waals surface area (Å²) in [6.45, 7) is 6.31. The number of benzene rings is 1. The van der Waals surface area contributed by atoms with Crippen LogP contribution in [0.3, 0.4) is 0 Å². The number of amides is 2. The van der Waals surface area contributed by atoms with Crippen LogP contribution in [-0.2, 0) is 0 Å². The molecule has 1 rings (SSSR count). The van der Waals surface area contributed by atoms with Gasteiger partial charge >= 0.3 is 6.03 Å². The van der Waals surface area contributed by atoms with Crippen LogP contribution >= 0.6 is 0 Å². The lowest BCUT2D eigenvalue weighted by Gasteiger charge is -2.16. The summed E-state index contributed by atoms with van der Waals surface area (Å²) in [5.41, 5.74) is 0.816. The molecule has 1 atom stereocenters. The molecule has 1 aromatic rings. The summed E-state index contributed by atoms with van der Waals surface area (Å²) in [6, 6.07) is 9.51. The molecule has 0 saturated heterocycles. The van der Waals surface area contributed by atoms with Crippen molar-refractivity contribution < 1.29 is 4.79 Å². The summed E-state index contributed by atoms with van der Waals surface area (Å²) in [5.74, 6) is 0.590.